The first-order chi connectivity index (χ1) is 5.06. The number of amides is 1. The average molecular weight is 163 g/mol. The molecule has 0 aromatic heterocycles. The van der Waals surface area contributed by atoms with Gasteiger partial charge in [0, 0.05) is 0 Å². The van der Waals surface area contributed by atoms with E-state index >= 15 is 0 Å². The van der Waals surface area contributed by atoms with Crippen molar-refractivity contribution in [3.63, 3.8) is 0 Å². The highest BCUT2D eigenvalue weighted by atomic mass is 16.7. The number of carbonyl (C=O) groups excluding carboxylic acids is 2. The molecule has 1 atom stereocenters. The van der Waals surface area contributed by atoms with Crippen LogP contribution in [-0.2, 0) is 14.4 Å². The van der Waals surface area contributed by atoms with Gasteiger partial charge in [0.25, 0.3) is 0 Å². The summed E-state index contributed by atoms with van der Waals surface area (Å²) in [5, 5.41) is 0. The van der Waals surface area contributed by atoms with Crippen LogP contribution in [0.5, 0.6) is 0 Å². The minimum atomic E-state index is -1.11. The molecule has 0 unspecified atom stereocenters. The number of nitrogens with two attached hydrogens (primary N) is 3. The number of hydrogen-bond acceptors (Lipinski definition) is 6. The van der Waals surface area contributed by atoms with Gasteiger partial charge in [0.2, 0.25) is 0 Å². The zero-order valence-electron chi connectivity index (χ0n) is 5.65. The Bertz CT molecular complexity index is 159. The van der Waals surface area contributed by atoms with E-state index in [1.165, 1.54) is 0 Å². The summed E-state index contributed by atoms with van der Waals surface area (Å²) in [6, 6.07) is 0. The summed E-state index contributed by atoms with van der Waals surface area (Å²) in [6.45, 7) is 0. The summed E-state index contributed by atoms with van der Waals surface area (Å²) >= 11 is 0. The summed E-state index contributed by atoms with van der Waals surface area (Å²) < 4.78 is 4.18. The molecular formula is C4H9N3O4. The van der Waals surface area contributed by atoms with Crippen LogP contribution < -0.4 is 17.4 Å². The van der Waals surface area contributed by atoms with Crippen LogP contribution in [0.25, 0.3) is 0 Å². The molecular weight excluding hydrogens is 154 g/mol. The van der Waals surface area contributed by atoms with E-state index in [0.717, 1.165) is 0 Å². The smallest absolute Gasteiger partial charge is 0.406 e. The van der Waals surface area contributed by atoms with E-state index in [4.69, 9.17) is 5.73 Å². The van der Waals surface area contributed by atoms with Crippen molar-refractivity contribution in [1.29, 1.82) is 0 Å². The van der Waals surface area contributed by atoms with Crippen molar-refractivity contribution in [3.8, 4) is 0 Å². The summed E-state index contributed by atoms with van der Waals surface area (Å²) in [5.41, 5.74) is 9.66. The minimum absolute atomic E-state index is 0.320. The molecule has 0 bridgehead atoms. The molecule has 0 aromatic carbocycles. The number of carbonyl (C=O) groups is 2. The van der Waals surface area contributed by atoms with E-state index < -0.39 is 18.3 Å². The van der Waals surface area contributed by atoms with Gasteiger partial charge in [-0.3, -0.25) is 10.5 Å². The molecule has 7 nitrogen and oxygen atoms in total. The molecule has 7 heteroatoms. The third-order valence-corrected chi connectivity index (χ3v) is 0.767. The fourth-order valence-corrected chi connectivity index (χ4v) is 0.403. The van der Waals surface area contributed by atoms with E-state index in [2.05, 4.69) is 21.2 Å². The van der Waals surface area contributed by atoms with Gasteiger partial charge in [0.05, 0.1) is 6.42 Å². The quantitative estimate of drug-likeness (QED) is 0.331. The van der Waals surface area contributed by atoms with Gasteiger partial charge in [-0.1, -0.05) is 0 Å². The topological polar surface area (TPSA) is 131 Å². The lowest BCUT2D eigenvalue weighted by Crippen LogP contribution is -2.33. The average Bonchev–Trinajstić information content (AvgIpc) is 1.85. The Labute approximate surface area is 62.4 Å². The Morgan fingerprint density at radius 3 is 2.36 bits per heavy atom. The summed E-state index contributed by atoms with van der Waals surface area (Å²) in [4.78, 5) is 24.1. The molecule has 0 radical (unpaired) electrons. The Morgan fingerprint density at radius 1 is 1.45 bits per heavy atom. The second-order valence-electron chi connectivity index (χ2n) is 1.67. The number of primary amides is 1. The van der Waals surface area contributed by atoms with Gasteiger partial charge >= 0.3 is 12.1 Å². The monoisotopic (exact) mass is 163 g/mol. The lowest BCUT2D eigenvalue weighted by atomic mass is 10.4. The highest BCUT2D eigenvalue weighted by molar-refractivity contribution is 5.70. The first-order valence-electron chi connectivity index (χ1n) is 2.67. The standard InChI is InChI=1S/C4H9N3O4/c5-2(10-4(6)9)1-3(8)11-7/h2H,1,5,7H2,(H2,6,9)/t2-/m0/s1. The predicted molar refractivity (Wildman–Crippen MR) is 33.5 cm³/mol. The molecule has 0 aromatic rings. The van der Waals surface area contributed by atoms with E-state index in [9.17, 15) is 9.59 Å². The summed E-state index contributed by atoms with van der Waals surface area (Å²) in [7, 11) is 0. The van der Waals surface area contributed by atoms with Gasteiger partial charge in [0.15, 0.2) is 6.23 Å². The number of hydrogen-bond donors (Lipinski definition) is 3. The Balaban J connectivity index is 3.60. The zero-order chi connectivity index (χ0) is 8.85. The third kappa shape index (κ3) is 5.12. The first-order valence-corrected chi connectivity index (χ1v) is 2.67. The Hall–Kier alpha value is -1.34. The van der Waals surface area contributed by atoms with Crippen LogP contribution in [0.3, 0.4) is 0 Å². The van der Waals surface area contributed by atoms with Gasteiger partial charge < -0.3 is 15.3 Å². The molecule has 0 fully saturated rings. The fourth-order valence-electron chi connectivity index (χ4n) is 0.403. The van der Waals surface area contributed by atoms with Crippen molar-refractivity contribution in [3.05, 3.63) is 0 Å². The van der Waals surface area contributed by atoms with Gasteiger partial charge in [-0.2, -0.15) is 5.90 Å². The molecule has 0 saturated heterocycles. The Morgan fingerprint density at radius 2 is 2.00 bits per heavy atom. The van der Waals surface area contributed by atoms with Gasteiger partial charge in [-0.25, -0.2) is 4.79 Å². The molecule has 0 spiro atoms. The summed E-state index contributed by atoms with van der Waals surface area (Å²) in [5.74, 6) is 3.70. The van der Waals surface area contributed by atoms with Crippen molar-refractivity contribution in [2.24, 2.45) is 17.4 Å². The maximum Gasteiger partial charge on any atom is 0.406 e. The van der Waals surface area contributed by atoms with E-state index in [1.807, 2.05) is 0 Å². The molecule has 0 saturated carbocycles. The third-order valence-electron chi connectivity index (χ3n) is 0.767. The lowest BCUT2D eigenvalue weighted by molar-refractivity contribution is -0.146. The van der Waals surface area contributed by atoms with Crippen LogP contribution in [0.4, 0.5) is 4.79 Å². The van der Waals surface area contributed by atoms with Crippen molar-refractivity contribution in [2.75, 3.05) is 0 Å². The van der Waals surface area contributed by atoms with E-state index in [0.29, 0.717) is 0 Å². The first kappa shape index (κ1) is 9.66. The van der Waals surface area contributed by atoms with Gasteiger partial charge in [0.1, 0.15) is 0 Å². The number of rotatable bonds is 3. The maximum atomic E-state index is 10.3. The van der Waals surface area contributed by atoms with Crippen LogP contribution in [0, 0.1) is 0 Å². The molecule has 0 aliphatic heterocycles. The maximum absolute atomic E-state index is 10.3. The normalized spacial score (nSPS) is 11.8. The highest BCUT2D eigenvalue weighted by Crippen LogP contribution is 1.91. The molecule has 0 heterocycles. The molecule has 0 aliphatic carbocycles. The lowest BCUT2D eigenvalue weighted by Gasteiger charge is -2.08. The Kier molecular flexibility index (Phi) is 3.93. The SMILES string of the molecule is NOC(=O)C[C@@H](N)OC(N)=O. The largest absolute Gasteiger partial charge is 0.430 e. The van der Waals surface area contributed by atoms with Gasteiger partial charge in [-0.15, -0.1) is 0 Å². The fraction of sp³-hybridized carbons (Fsp3) is 0.500. The number of ether oxygens (including phenoxy) is 1. The van der Waals surface area contributed by atoms with Crippen molar-refractivity contribution < 1.29 is 19.2 Å². The van der Waals surface area contributed by atoms with Crippen LogP contribution in [0.2, 0.25) is 0 Å². The van der Waals surface area contributed by atoms with Crippen molar-refractivity contribution in [1.82, 2.24) is 0 Å². The molecule has 64 valence electrons. The second-order valence-corrected chi connectivity index (χ2v) is 1.67. The van der Waals surface area contributed by atoms with Crippen LogP contribution >= 0.6 is 0 Å². The van der Waals surface area contributed by atoms with Crippen LogP contribution in [0.1, 0.15) is 6.42 Å². The molecule has 0 aliphatic rings. The molecule has 1 amide bonds. The van der Waals surface area contributed by atoms with Gasteiger partial charge in [-0.05, 0) is 0 Å². The minimum Gasteiger partial charge on any atom is -0.430 e. The summed E-state index contributed by atoms with van der Waals surface area (Å²) in [6.07, 6.45) is -2.48. The molecule has 11 heavy (non-hydrogen) atoms. The second kappa shape index (κ2) is 4.47. The predicted octanol–water partition coefficient (Wildman–Crippen LogP) is -1.83. The zero-order valence-corrected chi connectivity index (χ0v) is 5.65. The molecule has 0 rings (SSSR count). The van der Waals surface area contributed by atoms with Crippen LogP contribution in [0.15, 0.2) is 0 Å². The van der Waals surface area contributed by atoms with Crippen molar-refractivity contribution in [2.45, 2.75) is 12.6 Å². The molecule has 6 N–H and O–H groups in total. The highest BCUT2D eigenvalue weighted by Gasteiger charge is 2.12. The van der Waals surface area contributed by atoms with Crippen molar-refractivity contribution >= 4 is 12.1 Å². The van der Waals surface area contributed by atoms with E-state index in [-0.39, 0.29) is 6.42 Å². The van der Waals surface area contributed by atoms with E-state index in [1.54, 1.807) is 0 Å². The van der Waals surface area contributed by atoms with Crippen LogP contribution in [-0.4, -0.2) is 18.3 Å².